The molecule has 0 aliphatic rings. The van der Waals surface area contributed by atoms with E-state index in [1.54, 1.807) is 12.4 Å². The van der Waals surface area contributed by atoms with E-state index in [9.17, 15) is 0 Å². The van der Waals surface area contributed by atoms with E-state index < -0.39 is 6.10 Å². The highest BCUT2D eigenvalue weighted by molar-refractivity contribution is 6.18. The zero-order valence-corrected chi connectivity index (χ0v) is 7.54. The summed E-state index contributed by atoms with van der Waals surface area (Å²) in [6, 6.07) is 3.89. The van der Waals surface area contributed by atoms with Crippen LogP contribution in [0, 0.1) is 0 Å². The van der Waals surface area contributed by atoms with Crippen LogP contribution in [0.15, 0.2) is 24.5 Å². The van der Waals surface area contributed by atoms with Crippen LogP contribution >= 0.6 is 11.6 Å². The maximum absolute atomic E-state index is 9.17. The average Bonchev–Trinajstić information content (AvgIpc) is 2.16. The van der Waals surface area contributed by atoms with Gasteiger partial charge in [-0.2, -0.15) is 0 Å². The molecule has 0 aliphatic heterocycles. The van der Waals surface area contributed by atoms with Crippen LogP contribution in [0.2, 0.25) is 0 Å². The molecule has 1 N–H and O–H groups in total. The summed E-state index contributed by atoms with van der Waals surface area (Å²) >= 11 is 5.45. The standard InChI is InChI=1S/C9H12ClNO/c10-6-9(12)4-3-8-2-1-5-11-7-8/h1-2,5,7,9,12H,3-4,6H2. The summed E-state index contributed by atoms with van der Waals surface area (Å²) in [6.45, 7) is 0. The summed E-state index contributed by atoms with van der Waals surface area (Å²) in [4.78, 5) is 3.97. The number of hydrogen-bond donors (Lipinski definition) is 1. The summed E-state index contributed by atoms with van der Waals surface area (Å²) in [6.07, 6.45) is 4.69. The van der Waals surface area contributed by atoms with Crippen molar-refractivity contribution >= 4 is 11.6 Å². The number of pyridine rings is 1. The smallest absolute Gasteiger partial charge is 0.0678 e. The third-order valence-electron chi connectivity index (χ3n) is 1.67. The Hall–Kier alpha value is -0.600. The Morgan fingerprint density at radius 1 is 1.58 bits per heavy atom. The molecule has 1 unspecified atom stereocenters. The molecule has 0 aliphatic carbocycles. The highest BCUT2D eigenvalue weighted by atomic mass is 35.5. The molecular weight excluding hydrogens is 174 g/mol. The van der Waals surface area contributed by atoms with Gasteiger partial charge < -0.3 is 5.11 Å². The lowest BCUT2D eigenvalue weighted by Gasteiger charge is -2.05. The predicted molar refractivity (Wildman–Crippen MR) is 49.3 cm³/mol. The van der Waals surface area contributed by atoms with Gasteiger partial charge in [-0.3, -0.25) is 4.98 Å². The van der Waals surface area contributed by atoms with Crippen LogP contribution in [0.5, 0.6) is 0 Å². The molecule has 66 valence electrons. The number of hydrogen-bond acceptors (Lipinski definition) is 2. The zero-order chi connectivity index (χ0) is 8.81. The van der Waals surface area contributed by atoms with Crippen LogP contribution in [0.25, 0.3) is 0 Å². The second-order valence-corrected chi connectivity index (χ2v) is 3.02. The Balaban J connectivity index is 2.33. The number of aryl methyl sites for hydroxylation is 1. The number of rotatable bonds is 4. The summed E-state index contributed by atoms with van der Waals surface area (Å²) in [7, 11) is 0. The highest BCUT2D eigenvalue weighted by Gasteiger charge is 2.01. The first kappa shape index (κ1) is 9.49. The van der Waals surface area contributed by atoms with E-state index in [1.807, 2.05) is 12.1 Å². The molecule has 0 spiro atoms. The second kappa shape index (κ2) is 5.12. The SMILES string of the molecule is OC(CCl)CCc1cccnc1. The molecule has 0 aromatic carbocycles. The van der Waals surface area contributed by atoms with Crippen LogP contribution in [0.1, 0.15) is 12.0 Å². The predicted octanol–water partition coefficient (Wildman–Crippen LogP) is 1.61. The minimum absolute atomic E-state index is 0.306. The molecular formula is C9H12ClNO. The Labute approximate surface area is 77.2 Å². The van der Waals surface area contributed by atoms with Crippen molar-refractivity contribution in [2.75, 3.05) is 5.88 Å². The lowest BCUT2D eigenvalue weighted by atomic mass is 10.1. The number of nitrogens with zero attached hydrogens (tertiary/aromatic N) is 1. The van der Waals surface area contributed by atoms with Crippen LogP contribution in [0.3, 0.4) is 0 Å². The van der Waals surface area contributed by atoms with Crippen molar-refractivity contribution in [1.29, 1.82) is 0 Å². The maximum Gasteiger partial charge on any atom is 0.0678 e. The van der Waals surface area contributed by atoms with E-state index in [2.05, 4.69) is 4.98 Å². The molecule has 0 amide bonds. The number of halogens is 1. The van der Waals surface area contributed by atoms with Gasteiger partial charge in [0, 0.05) is 18.3 Å². The van der Waals surface area contributed by atoms with E-state index in [0.717, 1.165) is 12.0 Å². The molecule has 2 nitrogen and oxygen atoms in total. The fourth-order valence-corrected chi connectivity index (χ4v) is 1.11. The van der Waals surface area contributed by atoms with Crippen molar-refractivity contribution in [2.45, 2.75) is 18.9 Å². The maximum atomic E-state index is 9.17. The lowest BCUT2D eigenvalue weighted by molar-refractivity contribution is 0.188. The number of alkyl halides is 1. The van der Waals surface area contributed by atoms with Crippen LogP contribution in [-0.2, 0) is 6.42 Å². The van der Waals surface area contributed by atoms with Gasteiger partial charge in [-0.25, -0.2) is 0 Å². The molecule has 3 heteroatoms. The molecule has 0 bridgehead atoms. The normalized spacial score (nSPS) is 12.8. The largest absolute Gasteiger partial charge is 0.392 e. The molecule has 0 saturated heterocycles. The van der Waals surface area contributed by atoms with E-state index in [1.165, 1.54) is 0 Å². The van der Waals surface area contributed by atoms with Gasteiger partial charge in [-0.05, 0) is 24.5 Å². The van der Waals surface area contributed by atoms with Gasteiger partial charge in [-0.15, -0.1) is 11.6 Å². The van der Waals surface area contributed by atoms with Crippen molar-refractivity contribution in [3.05, 3.63) is 30.1 Å². The summed E-state index contributed by atoms with van der Waals surface area (Å²) in [5, 5.41) is 9.17. The molecule has 1 rings (SSSR count). The molecule has 0 fully saturated rings. The lowest BCUT2D eigenvalue weighted by Crippen LogP contribution is -2.09. The van der Waals surface area contributed by atoms with E-state index >= 15 is 0 Å². The van der Waals surface area contributed by atoms with Crippen LogP contribution in [-0.4, -0.2) is 22.1 Å². The third-order valence-corrected chi connectivity index (χ3v) is 2.02. The molecule has 1 aromatic rings. The number of aliphatic hydroxyl groups is 1. The highest BCUT2D eigenvalue weighted by Crippen LogP contribution is 2.04. The molecule has 1 aromatic heterocycles. The quantitative estimate of drug-likeness (QED) is 0.724. The molecule has 1 heterocycles. The van der Waals surface area contributed by atoms with Crippen LogP contribution < -0.4 is 0 Å². The zero-order valence-electron chi connectivity index (χ0n) is 6.78. The van der Waals surface area contributed by atoms with Crippen molar-refractivity contribution < 1.29 is 5.11 Å². The minimum atomic E-state index is -0.396. The van der Waals surface area contributed by atoms with Crippen molar-refractivity contribution in [2.24, 2.45) is 0 Å². The Morgan fingerprint density at radius 2 is 2.42 bits per heavy atom. The molecule has 0 saturated carbocycles. The Kier molecular flexibility index (Phi) is 4.05. The van der Waals surface area contributed by atoms with Gasteiger partial charge in [0.05, 0.1) is 6.10 Å². The van der Waals surface area contributed by atoms with Gasteiger partial charge in [0.25, 0.3) is 0 Å². The number of aromatic nitrogens is 1. The Bertz CT molecular complexity index is 215. The number of aliphatic hydroxyl groups excluding tert-OH is 1. The first-order chi connectivity index (χ1) is 5.83. The van der Waals surface area contributed by atoms with Gasteiger partial charge in [0.2, 0.25) is 0 Å². The van der Waals surface area contributed by atoms with E-state index in [-0.39, 0.29) is 0 Å². The van der Waals surface area contributed by atoms with Gasteiger partial charge >= 0.3 is 0 Å². The molecule has 12 heavy (non-hydrogen) atoms. The second-order valence-electron chi connectivity index (χ2n) is 2.71. The van der Waals surface area contributed by atoms with Gasteiger partial charge in [-0.1, -0.05) is 6.07 Å². The molecule has 0 radical (unpaired) electrons. The van der Waals surface area contributed by atoms with Gasteiger partial charge in [0.15, 0.2) is 0 Å². The third kappa shape index (κ3) is 3.20. The first-order valence-electron chi connectivity index (χ1n) is 3.96. The fraction of sp³-hybridized carbons (Fsp3) is 0.444. The van der Waals surface area contributed by atoms with Crippen LogP contribution in [0.4, 0.5) is 0 Å². The topological polar surface area (TPSA) is 33.1 Å². The van der Waals surface area contributed by atoms with Crippen molar-refractivity contribution in [3.8, 4) is 0 Å². The molecule has 1 atom stereocenters. The Morgan fingerprint density at radius 3 is 3.00 bits per heavy atom. The van der Waals surface area contributed by atoms with Gasteiger partial charge in [0.1, 0.15) is 0 Å². The van der Waals surface area contributed by atoms with E-state index in [0.29, 0.717) is 12.3 Å². The fourth-order valence-electron chi connectivity index (χ4n) is 0.956. The monoisotopic (exact) mass is 185 g/mol. The minimum Gasteiger partial charge on any atom is -0.392 e. The average molecular weight is 186 g/mol. The summed E-state index contributed by atoms with van der Waals surface area (Å²) in [5.74, 6) is 0.306. The van der Waals surface area contributed by atoms with Crippen molar-refractivity contribution in [3.63, 3.8) is 0 Å². The van der Waals surface area contributed by atoms with E-state index in [4.69, 9.17) is 16.7 Å². The summed E-state index contributed by atoms with van der Waals surface area (Å²) in [5.41, 5.74) is 1.14. The first-order valence-corrected chi connectivity index (χ1v) is 4.49. The van der Waals surface area contributed by atoms with Crippen molar-refractivity contribution in [1.82, 2.24) is 4.98 Å². The summed E-state index contributed by atoms with van der Waals surface area (Å²) < 4.78 is 0.